The highest BCUT2D eigenvalue weighted by Crippen LogP contribution is 2.37. The van der Waals surface area contributed by atoms with Crippen molar-refractivity contribution < 1.29 is 93.1 Å². The molecule has 3 heterocycles. The maximum atomic E-state index is 13.1. The van der Waals surface area contributed by atoms with Gasteiger partial charge in [-0.15, -0.1) is 0 Å². The molecule has 0 radical (unpaired) electrons. The molecule has 0 spiro atoms. The van der Waals surface area contributed by atoms with Gasteiger partial charge in [-0.05, 0) is 23.8 Å². The number of aliphatic hydroxyl groups excluding tert-OH is 7. The number of methoxy groups -OCH3 is 1. The topological polar surface area (TPSA) is 287 Å². The third-order valence-corrected chi connectivity index (χ3v) is 8.58. The molecule has 19 nitrogen and oxygen atoms in total. The van der Waals surface area contributed by atoms with Crippen LogP contribution in [0.3, 0.4) is 0 Å². The summed E-state index contributed by atoms with van der Waals surface area (Å²) in [6.45, 7) is -0.921. The third-order valence-electron chi connectivity index (χ3n) is 8.58. The molecule has 1 aromatic carbocycles. The summed E-state index contributed by atoms with van der Waals surface area (Å²) in [6, 6.07) is 6.26. The second-order valence-corrected chi connectivity index (χ2v) is 12.1. The average molecular weight is 745 g/mol. The molecular formula is C33H44O19. The number of esters is 3. The molecule has 2 fully saturated rings. The van der Waals surface area contributed by atoms with E-state index < -0.39 is 111 Å². The Bertz CT molecular complexity index is 1410. The van der Waals surface area contributed by atoms with Gasteiger partial charge in [0.25, 0.3) is 0 Å². The number of aromatic hydroxyl groups is 1. The summed E-state index contributed by atoms with van der Waals surface area (Å²) >= 11 is 0. The molecule has 0 aliphatic carbocycles. The monoisotopic (exact) mass is 744 g/mol. The highest BCUT2D eigenvalue weighted by atomic mass is 16.8. The summed E-state index contributed by atoms with van der Waals surface area (Å²) in [4.78, 5) is 37.5. The molecule has 12 atom stereocenters. The van der Waals surface area contributed by atoms with Crippen LogP contribution in [0.5, 0.6) is 5.75 Å². The van der Waals surface area contributed by atoms with Crippen molar-refractivity contribution in [3.8, 4) is 5.75 Å². The number of ether oxygens (including phenoxy) is 8. The molecule has 19 heteroatoms. The molecule has 3 aliphatic heterocycles. The number of phenolic OH excluding ortho intramolecular Hbond substituents is 1. The van der Waals surface area contributed by atoms with Crippen LogP contribution in [-0.4, -0.2) is 160 Å². The zero-order valence-electron chi connectivity index (χ0n) is 28.2. The van der Waals surface area contributed by atoms with Crippen LogP contribution >= 0.6 is 0 Å². The van der Waals surface area contributed by atoms with Gasteiger partial charge in [-0.25, -0.2) is 4.79 Å². The van der Waals surface area contributed by atoms with E-state index in [9.17, 15) is 55.2 Å². The normalized spacial score (nSPS) is 34.2. The zero-order valence-corrected chi connectivity index (χ0v) is 28.2. The van der Waals surface area contributed by atoms with Crippen molar-refractivity contribution in [1.82, 2.24) is 0 Å². The lowest BCUT2D eigenvalue weighted by Crippen LogP contribution is -2.65. The summed E-state index contributed by atoms with van der Waals surface area (Å²) in [7, 11) is 1.10. The Labute approximate surface area is 297 Å². The van der Waals surface area contributed by atoms with Crippen LogP contribution < -0.4 is 0 Å². The summed E-state index contributed by atoms with van der Waals surface area (Å²) in [6.07, 6.45) is -16.9. The standard InChI is InChI=1S/C33H44O19/c1-15(36)46-10-8-18-19(11-23(38)47-9-7-16-3-5-17(37)6-4-16)20(30(44)45-2)14-48-31(18)52-33-28(43)29(25(40)22(13-35)50-33)51-32-27(42)26(41)24(39)21(12-34)49-32/h3-6,8,14,19,21-22,24-29,31-35,37,39-43H,7,9-13H2,1-2H3/b18-8-/t19-,21+,22+,24+,25+,26-,27+,28+,29-,31-,32-,33-/m0/s1. The lowest BCUT2D eigenvalue weighted by Gasteiger charge is -2.46. The van der Waals surface area contributed by atoms with Crippen molar-refractivity contribution in [3.05, 3.63) is 53.3 Å². The Kier molecular flexibility index (Phi) is 14.9. The van der Waals surface area contributed by atoms with Gasteiger partial charge in [0.1, 0.15) is 61.2 Å². The van der Waals surface area contributed by atoms with E-state index in [-0.39, 0.29) is 30.1 Å². The molecule has 0 unspecified atom stereocenters. The van der Waals surface area contributed by atoms with E-state index in [1.165, 1.54) is 18.2 Å². The average Bonchev–Trinajstić information content (AvgIpc) is 3.12. The van der Waals surface area contributed by atoms with E-state index in [0.29, 0.717) is 6.42 Å². The van der Waals surface area contributed by atoms with Gasteiger partial charge in [-0.1, -0.05) is 12.1 Å². The molecule has 0 saturated carbocycles. The predicted octanol–water partition coefficient (Wildman–Crippen LogP) is -2.97. The highest BCUT2D eigenvalue weighted by Gasteiger charge is 2.52. The van der Waals surface area contributed by atoms with Crippen LogP contribution in [0.4, 0.5) is 0 Å². The number of aliphatic hydroxyl groups is 7. The van der Waals surface area contributed by atoms with Gasteiger partial charge in [0, 0.05) is 24.8 Å². The van der Waals surface area contributed by atoms with Crippen LogP contribution in [0.2, 0.25) is 0 Å². The van der Waals surface area contributed by atoms with E-state index in [1.807, 2.05) is 0 Å². The van der Waals surface area contributed by atoms with Gasteiger partial charge >= 0.3 is 17.9 Å². The first-order valence-corrected chi connectivity index (χ1v) is 16.2. The lowest BCUT2D eigenvalue weighted by molar-refractivity contribution is -0.369. The molecule has 3 aliphatic rings. The number of hydrogen-bond donors (Lipinski definition) is 8. The van der Waals surface area contributed by atoms with Gasteiger partial charge in [0.15, 0.2) is 12.6 Å². The fourth-order valence-corrected chi connectivity index (χ4v) is 5.73. The molecule has 52 heavy (non-hydrogen) atoms. The van der Waals surface area contributed by atoms with Crippen LogP contribution in [0, 0.1) is 5.92 Å². The van der Waals surface area contributed by atoms with Crippen LogP contribution in [-0.2, 0) is 58.7 Å². The molecule has 290 valence electrons. The smallest absolute Gasteiger partial charge is 0.337 e. The fraction of sp³-hybridized carbons (Fsp3) is 0.606. The summed E-state index contributed by atoms with van der Waals surface area (Å²) in [5, 5.41) is 81.9. The van der Waals surface area contributed by atoms with E-state index in [1.54, 1.807) is 12.1 Å². The van der Waals surface area contributed by atoms with Crippen molar-refractivity contribution in [1.29, 1.82) is 0 Å². The lowest BCUT2D eigenvalue weighted by atomic mass is 9.86. The minimum absolute atomic E-state index is 0.0218. The summed E-state index contributed by atoms with van der Waals surface area (Å²) in [5.41, 5.74) is 0.645. The first kappa shape index (κ1) is 41.0. The van der Waals surface area contributed by atoms with E-state index >= 15 is 0 Å². The van der Waals surface area contributed by atoms with Crippen molar-refractivity contribution >= 4 is 17.9 Å². The summed E-state index contributed by atoms with van der Waals surface area (Å²) < 4.78 is 43.5. The first-order valence-electron chi connectivity index (χ1n) is 16.2. The third kappa shape index (κ3) is 10.0. The van der Waals surface area contributed by atoms with Crippen molar-refractivity contribution in [2.75, 3.05) is 33.5 Å². The highest BCUT2D eigenvalue weighted by molar-refractivity contribution is 5.90. The zero-order chi connectivity index (χ0) is 38.1. The minimum Gasteiger partial charge on any atom is -0.508 e. The quantitative estimate of drug-likeness (QED) is 0.0536. The number of hydrogen-bond acceptors (Lipinski definition) is 19. The van der Waals surface area contributed by atoms with Gasteiger partial charge in [-0.2, -0.15) is 0 Å². The van der Waals surface area contributed by atoms with Crippen LogP contribution in [0.1, 0.15) is 18.9 Å². The van der Waals surface area contributed by atoms with E-state index in [2.05, 4.69) is 0 Å². The molecule has 4 rings (SSSR count). The van der Waals surface area contributed by atoms with Crippen molar-refractivity contribution in [3.63, 3.8) is 0 Å². The number of benzene rings is 1. The predicted molar refractivity (Wildman–Crippen MR) is 168 cm³/mol. The number of phenols is 1. The fourth-order valence-electron chi connectivity index (χ4n) is 5.73. The van der Waals surface area contributed by atoms with Crippen molar-refractivity contribution in [2.24, 2.45) is 5.92 Å². The van der Waals surface area contributed by atoms with Gasteiger partial charge < -0.3 is 78.7 Å². The van der Waals surface area contributed by atoms with Crippen LogP contribution in [0.15, 0.2) is 47.7 Å². The first-order chi connectivity index (χ1) is 24.8. The molecule has 0 aromatic heterocycles. The Morgan fingerprint density at radius 1 is 0.827 bits per heavy atom. The molecular weight excluding hydrogens is 700 g/mol. The number of rotatable bonds is 14. The second kappa shape index (κ2) is 18.9. The van der Waals surface area contributed by atoms with Gasteiger partial charge in [-0.3, -0.25) is 9.59 Å². The number of carbonyl (C=O) groups excluding carboxylic acids is 3. The second-order valence-electron chi connectivity index (χ2n) is 12.1. The maximum Gasteiger partial charge on any atom is 0.337 e. The maximum absolute atomic E-state index is 13.1. The van der Waals surface area contributed by atoms with Crippen LogP contribution in [0.25, 0.3) is 0 Å². The minimum atomic E-state index is -1.95. The molecule has 8 N–H and O–H groups in total. The number of carbonyl (C=O) groups is 3. The van der Waals surface area contributed by atoms with E-state index in [0.717, 1.165) is 25.9 Å². The van der Waals surface area contributed by atoms with E-state index in [4.69, 9.17) is 37.9 Å². The van der Waals surface area contributed by atoms with Gasteiger partial charge in [0.05, 0.1) is 45.2 Å². The SMILES string of the molecule is COC(=O)C1=CO[C@@H](O[C@@H]2O[C@H](CO)[C@@H](O)[C@H](O[C@@H]3O[C@H](CO)[C@@H](O)[C@H](O)[C@H]3O)[C@H]2O)/C(=C\COC(C)=O)[C@@H]1CC(=O)OCCc1ccc(O)cc1. The molecule has 0 amide bonds. The summed E-state index contributed by atoms with van der Waals surface area (Å²) in [5.74, 6) is -3.41. The Morgan fingerprint density at radius 3 is 2.08 bits per heavy atom. The molecule has 0 bridgehead atoms. The molecule has 1 aromatic rings. The Balaban J connectivity index is 1.57. The largest absolute Gasteiger partial charge is 0.508 e. The Morgan fingerprint density at radius 2 is 1.46 bits per heavy atom. The Hall–Kier alpha value is -3.73. The molecule has 2 saturated heterocycles. The van der Waals surface area contributed by atoms with Gasteiger partial charge in [0.2, 0.25) is 6.29 Å². The van der Waals surface area contributed by atoms with Crippen molar-refractivity contribution in [2.45, 2.75) is 87.5 Å².